The monoisotopic (exact) mass is 412 g/mol. The summed E-state index contributed by atoms with van der Waals surface area (Å²) in [5.74, 6) is -0.317. The summed E-state index contributed by atoms with van der Waals surface area (Å²) in [7, 11) is 1.36. The molecule has 1 N–H and O–H groups in total. The minimum Gasteiger partial charge on any atom is -0.489 e. The molecule has 0 saturated carbocycles. The third-order valence-corrected chi connectivity index (χ3v) is 4.27. The minimum absolute atomic E-state index is 0.0871. The van der Waals surface area contributed by atoms with E-state index in [0.717, 1.165) is 17.9 Å². The van der Waals surface area contributed by atoms with Crippen LogP contribution in [0.4, 0.5) is 13.2 Å². The number of carbonyl (C=O) groups is 1. The van der Waals surface area contributed by atoms with Crippen molar-refractivity contribution in [2.45, 2.75) is 25.3 Å². The Kier molecular flexibility index (Phi) is 7.83. The summed E-state index contributed by atoms with van der Waals surface area (Å²) in [5, 5.41) is 9.01. The Bertz CT molecular complexity index is 773. The standard InChI is InChI=1S/C20H23F3N2O4/c1-14(18(7-9-24-2)20(21,22)23)29-17-8-10-25(11-17)19(27)13-28-16-5-3-15(12-26)4-6-16/h3-7,9,17,26H,1,8,10-13H2,2H3/b18-7+,24-9?. The number of allylic oxidation sites excluding steroid dienone is 2. The molecule has 0 aliphatic carbocycles. The lowest BCUT2D eigenvalue weighted by Gasteiger charge is -2.20. The van der Waals surface area contributed by atoms with Crippen molar-refractivity contribution in [1.82, 2.24) is 4.90 Å². The third kappa shape index (κ3) is 6.63. The van der Waals surface area contributed by atoms with E-state index in [9.17, 15) is 18.0 Å². The Labute approximate surface area is 166 Å². The van der Waals surface area contributed by atoms with Crippen LogP contribution in [0.1, 0.15) is 12.0 Å². The zero-order chi connectivity index (χ0) is 21.4. The molecule has 1 saturated heterocycles. The van der Waals surface area contributed by atoms with Gasteiger partial charge in [0.15, 0.2) is 6.61 Å². The lowest BCUT2D eigenvalue weighted by atomic mass is 10.2. The van der Waals surface area contributed by atoms with Crippen LogP contribution >= 0.6 is 0 Å². The summed E-state index contributed by atoms with van der Waals surface area (Å²) in [6, 6.07) is 6.65. The molecular formula is C20H23F3N2O4. The second kappa shape index (κ2) is 10.1. The van der Waals surface area contributed by atoms with Crippen LogP contribution in [0.2, 0.25) is 0 Å². The molecule has 1 aromatic rings. The van der Waals surface area contributed by atoms with Crippen LogP contribution in [0.5, 0.6) is 5.75 Å². The lowest BCUT2D eigenvalue weighted by molar-refractivity contribution is -0.132. The Morgan fingerprint density at radius 3 is 2.66 bits per heavy atom. The van der Waals surface area contributed by atoms with Gasteiger partial charge in [-0.1, -0.05) is 18.7 Å². The van der Waals surface area contributed by atoms with Crippen molar-refractivity contribution in [3.8, 4) is 5.75 Å². The molecule has 1 fully saturated rings. The van der Waals surface area contributed by atoms with Crippen LogP contribution in [-0.4, -0.2) is 61.2 Å². The highest BCUT2D eigenvalue weighted by Gasteiger charge is 2.38. The van der Waals surface area contributed by atoms with E-state index < -0.39 is 23.6 Å². The van der Waals surface area contributed by atoms with Crippen molar-refractivity contribution in [3.63, 3.8) is 0 Å². The Hall–Kier alpha value is -2.81. The smallest absolute Gasteiger partial charge is 0.419 e. The number of carbonyl (C=O) groups excluding carboxylic acids is 1. The van der Waals surface area contributed by atoms with Crippen LogP contribution in [0.3, 0.4) is 0 Å². The van der Waals surface area contributed by atoms with Gasteiger partial charge >= 0.3 is 6.18 Å². The van der Waals surface area contributed by atoms with Crippen molar-refractivity contribution in [2.24, 2.45) is 4.99 Å². The zero-order valence-corrected chi connectivity index (χ0v) is 16.0. The molecular weight excluding hydrogens is 389 g/mol. The van der Waals surface area contributed by atoms with Crippen LogP contribution in [-0.2, 0) is 16.1 Å². The number of alkyl halides is 3. The maximum absolute atomic E-state index is 13.1. The van der Waals surface area contributed by atoms with Crippen LogP contribution in [0.15, 0.2) is 53.2 Å². The molecule has 0 spiro atoms. The number of amides is 1. The zero-order valence-electron chi connectivity index (χ0n) is 16.0. The average molecular weight is 412 g/mol. The number of hydrogen-bond donors (Lipinski definition) is 1. The number of likely N-dealkylation sites (tertiary alicyclic amines) is 1. The molecule has 2 rings (SSSR count). The maximum Gasteiger partial charge on any atom is 0.419 e. The number of benzene rings is 1. The number of aliphatic imine (C=N–C) groups is 1. The summed E-state index contributed by atoms with van der Waals surface area (Å²) in [6.07, 6.45) is -2.99. The highest BCUT2D eigenvalue weighted by Crippen LogP contribution is 2.32. The van der Waals surface area contributed by atoms with Gasteiger partial charge in [-0.15, -0.1) is 0 Å². The second-order valence-corrected chi connectivity index (χ2v) is 6.37. The first kappa shape index (κ1) is 22.5. The van der Waals surface area contributed by atoms with E-state index in [1.165, 1.54) is 11.9 Å². The molecule has 1 heterocycles. The van der Waals surface area contributed by atoms with Gasteiger partial charge in [0, 0.05) is 26.2 Å². The first-order valence-corrected chi connectivity index (χ1v) is 8.90. The SMILES string of the molecule is C=C(OC1CCN(C(=O)COc2ccc(CO)cc2)C1)/C(=C\C=NC)C(F)(F)F. The number of ether oxygens (including phenoxy) is 2. The van der Waals surface area contributed by atoms with E-state index in [-0.39, 0.29) is 25.7 Å². The van der Waals surface area contributed by atoms with Gasteiger partial charge in [0.1, 0.15) is 17.6 Å². The molecule has 6 nitrogen and oxygen atoms in total. The summed E-state index contributed by atoms with van der Waals surface area (Å²) < 4.78 is 50.1. The van der Waals surface area contributed by atoms with E-state index in [1.807, 2.05) is 0 Å². The maximum atomic E-state index is 13.1. The van der Waals surface area contributed by atoms with Crippen molar-refractivity contribution < 1.29 is 32.5 Å². The normalized spacial score (nSPS) is 17.6. The van der Waals surface area contributed by atoms with Gasteiger partial charge in [-0.3, -0.25) is 9.79 Å². The van der Waals surface area contributed by atoms with Crippen molar-refractivity contribution in [3.05, 3.63) is 53.8 Å². The molecule has 1 unspecified atom stereocenters. The summed E-state index contributed by atoms with van der Waals surface area (Å²) in [4.78, 5) is 17.3. The van der Waals surface area contributed by atoms with E-state index in [4.69, 9.17) is 14.6 Å². The van der Waals surface area contributed by atoms with Gasteiger partial charge in [-0.25, -0.2) is 0 Å². The second-order valence-electron chi connectivity index (χ2n) is 6.37. The fourth-order valence-electron chi connectivity index (χ4n) is 2.74. The topological polar surface area (TPSA) is 71.4 Å². The van der Waals surface area contributed by atoms with Gasteiger partial charge in [0.2, 0.25) is 0 Å². The third-order valence-electron chi connectivity index (χ3n) is 4.27. The van der Waals surface area contributed by atoms with Crippen molar-refractivity contribution in [1.29, 1.82) is 0 Å². The number of nitrogens with zero attached hydrogens (tertiary/aromatic N) is 2. The Balaban J connectivity index is 1.86. The number of hydrogen-bond acceptors (Lipinski definition) is 5. The molecule has 158 valence electrons. The molecule has 1 amide bonds. The number of halogens is 3. The first-order chi connectivity index (χ1) is 13.7. The fourth-order valence-corrected chi connectivity index (χ4v) is 2.74. The van der Waals surface area contributed by atoms with Gasteiger partial charge in [-0.2, -0.15) is 13.2 Å². The molecule has 1 aliphatic heterocycles. The van der Waals surface area contributed by atoms with E-state index in [2.05, 4.69) is 11.6 Å². The quantitative estimate of drug-likeness (QED) is 0.405. The Morgan fingerprint density at radius 1 is 1.38 bits per heavy atom. The highest BCUT2D eigenvalue weighted by atomic mass is 19.4. The van der Waals surface area contributed by atoms with E-state index in [1.54, 1.807) is 24.3 Å². The molecule has 1 aromatic carbocycles. The number of aliphatic hydroxyl groups is 1. The van der Waals surface area contributed by atoms with Crippen LogP contribution in [0.25, 0.3) is 0 Å². The molecule has 9 heteroatoms. The fraction of sp³-hybridized carbons (Fsp3) is 0.400. The van der Waals surface area contributed by atoms with Gasteiger partial charge in [0.05, 0.1) is 18.7 Å². The van der Waals surface area contributed by atoms with Gasteiger partial charge in [0.25, 0.3) is 5.91 Å². The average Bonchev–Trinajstić information content (AvgIpc) is 3.14. The largest absolute Gasteiger partial charge is 0.489 e. The van der Waals surface area contributed by atoms with E-state index in [0.29, 0.717) is 18.7 Å². The summed E-state index contributed by atoms with van der Waals surface area (Å²) in [6.45, 7) is 3.59. The highest BCUT2D eigenvalue weighted by molar-refractivity contribution is 5.78. The molecule has 0 radical (unpaired) electrons. The number of rotatable bonds is 8. The predicted octanol–water partition coefficient (Wildman–Crippen LogP) is 2.88. The number of aliphatic hydroxyl groups excluding tert-OH is 1. The lowest BCUT2D eigenvalue weighted by Crippen LogP contribution is -2.34. The Morgan fingerprint density at radius 2 is 2.07 bits per heavy atom. The summed E-state index contributed by atoms with van der Waals surface area (Å²) in [5.41, 5.74) is -0.288. The first-order valence-electron chi connectivity index (χ1n) is 8.90. The molecule has 1 atom stereocenters. The van der Waals surface area contributed by atoms with Gasteiger partial charge in [-0.05, 0) is 23.8 Å². The molecule has 1 aliphatic rings. The predicted molar refractivity (Wildman–Crippen MR) is 102 cm³/mol. The minimum atomic E-state index is -4.62. The summed E-state index contributed by atoms with van der Waals surface area (Å²) >= 11 is 0. The van der Waals surface area contributed by atoms with Gasteiger partial charge < -0.3 is 19.5 Å². The van der Waals surface area contributed by atoms with Crippen LogP contribution < -0.4 is 4.74 Å². The van der Waals surface area contributed by atoms with Crippen LogP contribution in [0, 0.1) is 0 Å². The van der Waals surface area contributed by atoms with Crippen molar-refractivity contribution >= 4 is 12.1 Å². The molecule has 0 aromatic heterocycles. The molecule has 0 bridgehead atoms. The van der Waals surface area contributed by atoms with Crippen molar-refractivity contribution in [2.75, 3.05) is 26.7 Å². The van der Waals surface area contributed by atoms with E-state index >= 15 is 0 Å². The molecule has 29 heavy (non-hydrogen) atoms.